The summed E-state index contributed by atoms with van der Waals surface area (Å²) in [5.41, 5.74) is -0.294. The van der Waals surface area contributed by atoms with Gasteiger partial charge in [-0.25, -0.2) is 4.79 Å². The van der Waals surface area contributed by atoms with E-state index in [1.807, 2.05) is 20.8 Å². The molecular weight excluding hydrogens is 331 g/mol. The van der Waals surface area contributed by atoms with Gasteiger partial charge in [0.15, 0.2) is 6.10 Å². The number of hydrogen-bond acceptors (Lipinski definition) is 3. The zero-order chi connectivity index (χ0) is 13.2. The topological polar surface area (TPSA) is 35.5 Å². The van der Waals surface area contributed by atoms with Gasteiger partial charge in [0.25, 0.3) is 0 Å². The summed E-state index contributed by atoms with van der Waals surface area (Å²) in [4.78, 5) is 11.7. The normalized spacial score (nSPS) is 27.4. The fraction of sp³-hybridized carbons (Fsp3) is 0.923. The quantitative estimate of drug-likeness (QED) is 0.441. The number of alkyl halides is 1. The maximum Gasteiger partial charge on any atom is 0.335 e. The third kappa shape index (κ3) is 5.12. The molecule has 0 unspecified atom stereocenters. The Bertz CT molecular complexity index is 270. The average Bonchev–Trinajstić information content (AvgIpc) is 2.44. The molecule has 4 heteroatoms. The Balaban J connectivity index is 2.51. The Labute approximate surface area is 118 Å². The van der Waals surface area contributed by atoms with Crippen LogP contribution in [0.15, 0.2) is 0 Å². The highest BCUT2D eigenvalue weighted by Crippen LogP contribution is 2.30. The van der Waals surface area contributed by atoms with Crippen LogP contribution in [0.5, 0.6) is 0 Å². The molecule has 1 saturated heterocycles. The molecule has 0 aliphatic carbocycles. The first-order valence-corrected chi connectivity index (χ1v) is 7.46. The van der Waals surface area contributed by atoms with Crippen molar-refractivity contribution < 1.29 is 14.3 Å². The van der Waals surface area contributed by atoms with Crippen LogP contribution in [-0.4, -0.2) is 27.7 Å². The van der Waals surface area contributed by atoms with E-state index >= 15 is 0 Å². The molecule has 0 aromatic carbocycles. The van der Waals surface area contributed by atoms with Crippen LogP contribution >= 0.6 is 22.6 Å². The smallest absolute Gasteiger partial charge is 0.335 e. The number of rotatable bonds is 4. The van der Waals surface area contributed by atoms with Gasteiger partial charge in [-0.2, -0.15) is 0 Å². The third-order valence-electron chi connectivity index (χ3n) is 2.57. The van der Waals surface area contributed by atoms with Gasteiger partial charge in [0, 0.05) is 10.3 Å². The molecule has 0 aromatic heterocycles. The molecule has 0 amide bonds. The predicted molar refractivity (Wildman–Crippen MR) is 76.4 cm³/mol. The number of carbonyl (C=O) groups excluding carboxylic acids is 1. The van der Waals surface area contributed by atoms with Gasteiger partial charge in [-0.05, 0) is 33.1 Å². The second-order valence-corrected chi connectivity index (χ2v) is 7.68. The van der Waals surface area contributed by atoms with E-state index < -0.39 is 0 Å². The summed E-state index contributed by atoms with van der Waals surface area (Å²) in [6.07, 6.45) is 1.39. The molecule has 0 radical (unpaired) electrons. The van der Waals surface area contributed by atoms with Crippen LogP contribution in [0, 0.1) is 5.92 Å². The SMILES string of the molecule is CC(C)C[C@@H](I)[C@@H]1C[C@H](OC(C)(C)C)C(=O)O1. The summed E-state index contributed by atoms with van der Waals surface area (Å²) in [5, 5.41) is 0. The number of cyclic esters (lactones) is 1. The highest BCUT2D eigenvalue weighted by molar-refractivity contribution is 14.1. The Kier molecular flexibility index (Phi) is 5.25. The van der Waals surface area contributed by atoms with Gasteiger partial charge in [-0.1, -0.05) is 36.4 Å². The molecular formula is C13H23IO3. The van der Waals surface area contributed by atoms with Crippen molar-refractivity contribution >= 4 is 28.6 Å². The van der Waals surface area contributed by atoms with Crippen molar-refractivity contribution in [2.45, 2.75) is 69.2 Å². The molecule has 0 aromatic rings. The van der Waals surface area contributed by atoms with Crippen LogP contribution in [0.1, 0.15) is 47.5 Å². The van der Waals surface area contributed by atoms with E-state index in [0.717, 1.165) is 6.42 Å². The zero-order valence-corrected chi connectivity index (χ0v) is 13.5. The standard InChI is InChI=1S/C13H23IO3/c1-8(2)6-9(14)10-7-11(12(15)16-10)17-13(3,4)5/h8-11H,6-7H2,1-5H3/t9-,10+,11+/m1/s1. The van der Waals surface area contributed by atoms with E-state index in [1.165, 1.54) is 0 Å². The molecule has 17 heavy (non-hydrogen) atoms. The van der Waals surface area contributed by atoms with Crippen LogP contribution in [0.25, 0.3) is 0 Å². The van der Waals surface area contributed by atoms with Gasteiger partial charge in [0.2, 0.25) is 0 Å². The Morgan fingerprint density at radius 1 is 1.47 bits per heavy atom. The van der Waals surface area contributed by atoms with Gasteiger partial charge in [0.1, 0.15) is 6.10 Å². The third-order valence-corrected chi connectivity index (χ3v) is 3.88. The maximum absolute atomic E-state index is 11.7. The zero-order valence-electron chi connectivity index (χ0n) is 11.3. The van der Waals surface area contributed by atoms with Gasteiger partial charge >= 0.3 is 5.97 Å². The molecule has 3 atom stereocenters. The van der Waals surface area contributed by atoms with Crippen molar-refractivity contribution in [1.29, 1.82) is 0 Å². The molecule has 1 aliphatic rings. The fourth-order valence-corrected chi connectivity index (χ4v) is 3.38. The molecule has 3 nitrogen and oxygen atoms in total. The van der Waals surface area contributed by atoms with Gasteiger partial charge in [-0.3, -0.25) is 0 Å². The van der Waals surface area contributed by atoms with Crippen molar-refractivity contribution in [2.24, 2.45) is 5.92 Å². The largest absolute Gasteiger partial charge is 0.459 e. The van der Waals surface area contributed by atoms with Crippen LogP contribution in [0.3, 0.4) is 0 Å². The minimum absolute atomic E-state index is 0.0119. The molecule has 0 spiro atoms. The molecule has 0 bridgehead atoms. The van der Waals surface area contributed by atoms with Crippen molar-refractivity contribution in [3.05, 3.63) is 0 Å². The van der Waals surface area contributed by atoms with Crippen molar-refractivity contribution in [3.8, 4) is 0 Å². The monoisotopic (exact) mass is 354 g/mol. The van der Waals surface area contributed by atoms with Gasteiger partial charge in [-0.15, -0.1) is 0 Å². The first-order chi connectivity index (χ1) is 7.69. The molecule has 0 N–H and O–H groups in total. The lowest BCUT2D eigenvalue weighted by molar-refractivity contribution is -0.155. The van der Waals surface area contributed by atoms with Crippen molar-refractivity contribution in [1.82, 2.24) is 0 Å². The van der Waals surface area contributed by atoms with E-state index in [4.69, 9.17) is 9.47 Å². The van der Waals surface area contributed by atoms with Crippen LogP contribution < -0.4 is 0 Å². The maximum atomic E-state index is 11.7. The van der Waals surface area contributed by atoms with Crippen LogP contribution in [-0.2, 0) is 14.3 Å². The summed E-state index contributed by atoms with van der Waals surface area (Å²) in [6, 6.07) is 0. The van der Waals surface area contributed by atoms with Gasteiger partial charge < -0.3 is 9.47 Å². The number of ether oxygens (including phenoxy) is 2. The molecule has 0 saturated carbocycles. The van der Waals surface area contributed by atoms with E-state index in [2.05, 4.69) is 36.4 Å². The first kappa shape index (κ1) is 15.2. The summed E-state index contributed by atoms with van der Waals surface area (Å²) in [6.45, 7) is 10.3. The lowest BCUT2D eigenvalue weighted by Gasteiger charge is -2.22. The van der Waals surface area contributed by atoms with Crippen molar-refractivity contribution in [3.63, 3.8) is 0 Å². The first-order valence-electron chi connectivity index (χ1n) is 6.21. The van der Waals surface area contributed by atoms with Crippen LogP contribution in [0.2, 0.25) is 0 Å². The molecule has 1 heterocycles. The van der Waals surface area contributed by atoms with E-state index in [9.17, 15) is 4.79 Å². The van der Waals surface area contributed by atoms with Gasteiger partial charge in [0.05, 0.1) is 5.60 Å². The average molecular weight is 354 g/mol. The van der Waals surface area contributed by atoms with Crippen LogP contribution in [0.4, 0.5) is 0 Å². The Morgan fingerprint density at radius 2 is 2.06 bits per heavy atom. The van der Waals surface area contributed by atoms with E-state index in [0.29, 0.717) is 16.3 Å². The highest BCUT2D eigenvalue weighted by Gasteiger charge is 2.40. The number of carbonyl (C=O) groups is 1. The lowest BCUT2D eigenvalue weighted by atomic mass is 10.0. The minimum Gasteiger partial charge on any atom is -0.459 e. The minimum atomic E-state index is -0.385. The summed E-state index contributed by atoms with van der Waals surface area (Å²) < 4.78 is 11.5. The molecule has 1 fully saturated rings. The lowest BCUT2D eigenvalue weighted by Crippen LogP contribution is -2.30. The Hall–Kier alpha value is 0.160. The predicted octanol–water partition coefficient (Wildman–Crippen LogP) is 3.34. The summed E-state index contributed by atoms with van der Waals surface area (Å²) in [7, 11) is 0. The number of halogens is 1. The van der Waals surface area contributed by atoms with Crippen molar-refractivity contribution in [2.75, 3.05) is 0 Å². The second-order valence-electron chi connectivity index (χ2n) is 6.08. The highest BCUT2D eigenvalue weighted by atomic mass is 127. The van der Waals surface area contributed by atoms with E-state index in [1.54, 1.807) is 0 Å². The molecule has 1 aliphatic heterocycles. The molecule has 1 rings (SSSR count). The Morgan fingerprint density at radius 3 is 2.53 bits per heavy atom. The second kappa shape index (κ2) is 5.87. The number of esters is 1. The van der Waals surface area contributed by atoms with E-state index in [-0.39, 0.29) is 23.8 Å². The summed E-state index contributed by atoms with van der Waals surface area (Å²) in [5.74, 6) is 0.425. The summed E-state index contributed by atoms with van der Waals surface area (Å²) >= 11 is 2.38. The fourth-order valence-electron chi connectivity index (χ4n) is 1.93. The number of hydrogen-bond donors (Lipinski definition) is 0. The molecule has 100 valence electrons.